The van der Waals surface area contributed by atoms with Crippen LogP contribution in [0.3, 0.4) is 0 Å². The molecule has 1 heterocycles. The van der Waals surface area contributed by atoms with Crippen LogP contribution in [0.1, 0.15) is 45.8 Å². The van der Waals surface area contributed by atoms with Crippen LogP contribution in [-0.2, 0) is 22.6 Å². The van der Waals surface area contributed by atoms with Gasteiger partial charge >= 0.3 is 6.18 Å². The third-order valence-electron chi connectivity index (χ3n) is 5.37. The van der Waals surface area contributed by atoms with E-state index in [2.05, 4.69) is 15.2 Å². The highest BCUT2D eigenvalue weighted by molar-refractivity contribution is 7.89. The second-order valence-corrected chi connectivity index (χ2v) is 9.33. The van der Waals surface area contributed by atoms with E-state index < -0.39 is 33.4 Å². The summed E-state index contributed by atoms with van der Waals surface area (Å²) in [5, 5.41) is 6.35. The van der Waals surface area contributed by atoms with Gasteiger partial charge in [0.15, 0.2) is 5.76 Å². The van der Waals surface area contributed by atoms with Crippen molar-refractivity contribution in [3.8, 4) is 0 Å². The maximum atomic E-state index is 13.3. The van der Waals surface area contributed by atoms with Crippen LogP contribution < -0.4 is 10.1 Å². The molecule has 178 valence electrons. The van der Waals surface area contributed by atoms with Crippen molar-refractivity contribution in [1.82, 2.24) is 4.83 Å². The highest BCUT2D eigenvalue weighted by atomic mass is 32.2. The minimum atomic E-state index is -4.64. The first-order chi connectivity index (χ1) is 16.1. The molecule has 0 aliphatic heterocycles. The van der Waals surface area contributed by atoms with Gasteiger partial charge in [0.2, 0.25) is 0 Å². The fourth-order valence-electron chi connectivity index (χ4n) is 3.78. The first-order valence-electron chi connectivity index (χ1n) is 10.3. The van der Waals surface area contributed by atoms with Crippen LogP contribution in [0.5, 0.6) is 0 Å². The number of carbonyl (C=O) groups is 1. The molecule has 34 heavy (non-hydrogen) atoms. The monoisotopic (exact) mass is 491 g/mol. The SMILES string of the molecule is Cc1c(C(=O)Nc2ccccc2C(F)(F)F)oc2c1/C(=N/NS(=O)(=O)c1ccccc1)CCC2. The number of hydrogen-bond donors (Lipinski definition) is 2. The van der Waals surface area contributed by atoms with Gasteiger partial charge in [0.1, 0.15) is 5.76 Å². The van der Waals surface area contributed by atoms with Crippen molar-refractivity contribution >= 4 is 27.3 Å². The maximum Gasteiger partial charge on any atom is 0.418 e. The summed E-state index contributed by atoms with van der Waals surface area (Å²) in [5.41, 5.74) is -0.129. The van der Waals surface area contributed by atoms with E-state index in [1.807, 2.05) is 0 Å². The van der Waals surface area contributed by atoms with Gasteiger partial charge in [-0.1, -0.05) is 30.3 Å². The van der Waals surface area contributed by atoms with Gasteiger partial charge in [-0.3, -0.25) is 4.79 Å². The van der Waals surface area contributed by atoms with Crippen molar-refractivity contribution in [2.75, 3.05) is 5.32 Å². The number of nitrogens with zero attached hydrogens (tertiary/aromatic N) is 1. The second-order valence-electron chi connectivity index (χ2n) is 7.67. The summed E-state index contributed by atoms with van der Waals surface area (Å²) in [4.78, 5) is 15.1. The van der Waals surface area contributed by atoms with E-state index in [-0.39, 0.29) is 10.7 Å². The Morgan fingerprint density at radius 3 is 2.41 bits per heavy atom. The fraction of sp³-hybridized carbons (Fsp3) is 0.217. The average Bonchev–Trinajstić information content (AvgIpc) is 3.15. The Labute approximate surface area is 193 Å². The molecule has 4 rings (SSSR count). The van der Waals surface area contributed by atoms with Crippen LogP contribution in [0, 0.1) is 6.92 Å². The highest BCUT2D eigenvalue weighted by Crippen LogP contribution is 2.35. The zero-order chi connectivity index (χ0) is 24.5. The van der Waals surface area contributed by atoms with Crippen molar-refractivity contribution in [2.45, 2.75) is 37.3 Å². The summed E-state index contributed by atoms with van der Waals surface area (Å²) < 4.78 is 70.5. The molecule has 1 aliphatic rings. The normalized spacial score (nSPS) is 15.1. The van der Waals surface area contributed by atoms with Crippen LogP contribution in [-0.4, -0.2) is 20.0 Å². The molecule has 0 spiro atoms. The number of nitrogens with one attached hydrogen (secondary N) is 2. The molecule has 11 heteroatoms. The topological polar surface area (TPSA) is 101 Å². The van der Waals surface area contributed by atoms with Crippen LogP contribution >= 0.6 is 0 Å². The number of anilines is 1. The molecule has 2 N–H and O–H groups in total. The number of halogens is 3. The average molecular weight is 491 g/mol. The molecule has 1 aliphatic carbocycles. The summed E-state index contributed by atoms with van der Waals surface area (Å²) in [5.74, 6) is -0.564. The van der Waals surface area contributed by atoms with Crippen LogP contribution in [0.15, 0.2) is 69.0 Å². The lowest BCUT2D eigenvalue weighted by Crippen LogP contribution is -2.22. The van der Waals surface area contributed by atoms with Crippen molar-refractivity contribution in [2.24, 2.45) is 5.10 Å². The molecular formula is C23H20F3N3O4S. The largest absolute Gasteiger partial charge is 0.455 e. The van der Waals surface area contributed by atoms with Gasteiger partial charge in [0, 0.05) is 17.5 Å². The molecule has 7 nitrogen and oxygen atoms in total. The molecule has 0 unspecified atom stereocenters. The molecular weight excluding hydrogens is 471 g/mol. The van der Waals surface area contributed by atoms with Gasteiger partial charge in [-0.25, -0.2) is 0 Å². The van der Waals surface area contributed by atoms with Gasteiger partial charge in [-0.15, -0.1) is 0 Å². The van der Waals surface area contributed by atoms with Gasteiger partial charge in [-0.05, 0) is 44.0 Å². The van der Waals surface area contributed by atoms with Crippen LogP contribution in [0.25, 0.3) is 0 Å². The van der Waals surface area contributed by atoms with E-state index in [4.69, 9.17) is 4.42 Å². The lowest BCUT2D eigenvalue weighted by Gasteiger charge is -2.14. The Morgan fingerprint density at radius 2 is 1.71 bits per heavy atom. The van der Waals surface area contributed by atoms with E-state index >= 15 is 0 Å². The zero-order valence-electron chi connectivity index (χ0n) is 17.9. The standard InChI is InChI=1S/C23H20F3N3O4S/c1-14-20-18(28-29-34(31,32)15-8-3-2-4-9-15)12-7-13-19(20)33-21(14)22(30)27-17-11-6-5-10-16(17)23(24,25)26/h2-6,8-11,29H,7,12-13H2,1H3,(H,27,30)/b28-18+. The minimum Gasteiger partial charge on any atom is -0.455 e. The fourth-order valence-corrected chi connectivity index (χ4v) is 4.63. The molecule has 1 amide bonds. The molecule has 0 saturated heterocycles. The Kier molecular flexibility index (Phi) is 6.22. The molecule has 0 fully saturated rings. The lowest BCUT2D eigenvalue weighted by molar-refractivity contribution is -0.136. The molecule has 0 bridgehead atoms. The number of sulfonamides is 1. The number of carbonyl (C=O) groups excluding carboxylic acids is 1. The van der Waals surface area contributed by atoms with Crippen molar-refractivity contribution in [3.63, 3.8) is 0 Å². The van der Waals surface area contributed by atoms with Gasteiger partial charge in [0.05, 0.1) is 21.9 Å². The first-order valence-corrected chi connectivity index (χ1v) is 11.8. The van der Waals surface area contributed by atoms with Crippen LogP contribution in [0.4, 0.5) is 18.9 Å². The summed E-state index contributed by atoms with van der Waals surface area (Å²) in [6, 6.07) is 12.4. The number of para-hydroxylation sites is 1. The molecule has 0 radical (unpaired) electrons. The number of alkyl halides is 3. The predicted octanol–water partition coefficient (Wildman–Crippen LogP) is 4.88. The van der Waals surface area contributed by atoms with E-state index in [9.17, 15) is 26.4 Å². The minimum absolute atomic E-state index is 0.0442. The van der Waals surface area contributed by atoms with Crippen molar-refractivity contribution in [3.05, 3.63) is 82.8 Å². The number of fused-ring (bicyclic) bond motifs is 1. The molecule has 0 saturated carbocycles. The quantitative estimate of drug-likeness (QED) is 0.497. The molecule has 2 aromatic carbocycles. The third kappa shape index (κ3) is 4.69. The second kappa shape index (κ2) is 8.98. The van der Waals surface area contributed by atoms with Gasteiger partial charge < -0.3 is 9.73 Å². The zero-order valence-corrected chi connectivity index (χ0v) is 18.8. The van der Waals surface area contributed by atoms with E-state index in [1.54, 1.807) is 25.1 Å². The molecule has 1 aromatic heterocycles. The smallest absolute Gasteiger partial charge is 0.418 e. The Morgan fingerprint density at radius 1 is 1.03 bits per heavy atom. The summed E-state index contributed by atoms with van der Waals surface area (Å²) in [6.07, 6.45) is -3.13. The molecule has 0 atom stereocenters. The van der Waals surface area contributed by atoms with Gasteiger partial charge in [-0.2, -0.15) is 31.5 Å². The van der Waals surface area contributed by atoms with E-state index in [0.717, 1.165) is 12.1 Å². The third-order valence-corrected chi connectivity index (χ3v) is 6.59. The van der Waals surface area contributed by atoms with E-state index in [1.165, 1.54) is 24.3 Å². The molecule has 3 aromatic rings. The van der Waals surface area contributed by atoms with Crippen molar-refractivity contribution in [1.29, 1.82) is 0 Å². The number of rotatable bonds is 5. The lowest BCUT2D eigenvalue weighted by atomic mass is 9.93. The number of benzene rings is 2. The Bertz CT molecular complexity index is 1360. The predicted molar refractivity (Wildman–Crippen MR) is 119 cm³/mol. The summed E-state index contributed by atoms with van der Waals surface area (Å²) in [6.45, 7) is 1.58. The van der Waals surface area contributed by atoms with E-state index in [0.29, 0.717) is 41.9 Å². The Balaban J connectivity index is 1.63. The summed E-state index contributed by atoms with van der Waals surface area (Å²) in [7, 11) is -3.90. The number of furan rings is 1. The number of hydrogen-bond acceptors (Lipinski definition) is 5. The highest BCUT2D eigenvalue weighted by Gasteiger charge is 2.34. The number of aryl methyl sites for hydroxylation is 1. The van der Waals surface area contributed by atoms with Gasteiger partial charge in [0.25, 0.3) is 15.9 Å². The summed E-state index contributed by atoms with van der Waals surface area (Å²) >= 11 is 0. The number of amides is 1. The van der Waals surface area contributed by atoms with Crippen LogP contribution in [0.2, 0.25) is 0 Å². The maximum absolute atomic E-state index is 13.3. The van der Waals surface area contributed by atoms with Crippen molar-refractivity contribution < 1.29 is 30.8 Å². The first kappa shape index (κ1) is 23.6. The Hall–Kier alpha value is -3.60. The number of hydrazone groups is 1.